The number of nitrogens with one attached hydrogen (secondary N) is 1. The molecule has 1 fully saturated rings. The van der Waals surface area contributed by atoms with Crippen molar-refractivity contribution in [3.63, 3.8) is 0 Å². The van der Waals surface area contributed by atoms with Crippen molar-refractivity contribution in [3.8, 4) is 0 Å². The van der Waals surface area contributed by atoms with Crippen molar-refractivity contribution in [1.29, 1.82) is 0 Å². The summed E-state index contributed by atoms with van der Waals surface area (Å²) in [6.45, 7) is 3.59. The van der Waals surface area contributed by atoms with Crippen LogP contribution in [0.25, 0.3) is 0 Å². The average Bonchev–Trinajstić information content (AvgIpc) is 2.70. The number of amidine groups is 1. The van der Waals surface area contributed by atoms with Crippen molar-refractivity contribution in [2.45, 2.75) is 24.8 Å². The molecule has 1 atom stereocenters. The number of halogens is 1. The number of hydrogen-bond donors (Lipinski definition) is 1. The van der Waals surface area contributed by atoms with Crippen molar-refractivity contribution in [3.05, 3.63) is 29.3 Å². The molecule has 108 valence electrons. The summed E-state index contributed by atoms with van der Waals surface area (Å²) in [6.07, 6.45) is -0.728. The van der Waals surface area contributed by atoms with Gasteiger partial charge in [-0.25, -0.2) is 0 Å². The van der Waals surface area contributed by atoms with Crippen LogP contribution < -0.4 is 5.32 Å². The molecule has 0 aromatic heterocycles. The normalized spacial score (nSPS) is 21.1. The Balaban J connectivity index is 2.27. The molecule has 0 radical (unpaired) electrons. The predicted molar refractivity (Wildman–Crippen MR) is 73.9 cm³/mol. The van der Waals surface area contributed by atoms with Gasteiger partial charge >= 0.3 is 6.02 Å². The van der Waals surface area contributed by atoms with Gasteiger partial charge in [-0.3, -0.25) is 10.1 Å². The van der Waals surface area contributed by atoms with E-state index < -0.39 is 22.0 Å². The molecule has 0 unspecified atom stereocenters. The van der Waals surface area contributed by atoms with Gasteiger partial charge in [0.1, 0.15) is 0 Å². The molecule has 0 bridgehead atoms. The van der Waals surface area contributed by atoms with Crippen LogP contribution in [0.3, 0.4) is 0 Å². The Morgan fingerprint density at radius 2 is 1.90 bits per heavy atom. The van der Waals surface area contributed by atoms with E-state index >= 15 is 0 Å². The summed E-state index contributed by atoms with van der Waals surface area (Å²) in [7, 11) is -3.94. The lowest BCUT2D eigenvalue weighted by Crippen LogP contribution is -2.28. The summed E-state index contributed by atoms with van der Waals surface area (Å²) >= 11 is 5.69. The Bertz CT molecular complexity index is 653. The zero-order chi connectivity index (χ0) is 14.9. The van der Waals surface area contributed by atoms with Gasteiger partial charge in [0.25, 0.3) is 15.9 Å². The van der Waals surface area contributed by atoms with Crippen molar-refractivity contribution in [1.82, 2.24) is 5.32 Å². The highest BCUT2D eigenvalue weighted by molar-refractivity contribution is 7.90. The first kappa shape index (κ1) is 14.8. The Morgan fingerprint density at radius 3 is 2.40 bits per heavy atom. The molecule has 0 spiro atoms. The monoisotopic (exact) mass is 316 g/mol. The summed E-state index contributed by atoms with van der Waals surface area (Å²) in [5.74, 6) is -0.481. The van der Waals surface area contributed by atoms with Gasteiger partial charge in [0.05, 0.1) is 4.90 Å². The first-order chi connectivity index (χ1) is 9.29. The lowest BCUT2D eigenvalue weighted by Gasteiger charge is -2.09. The van der Waals surface area contributed by atoms with E-state index in [4.69, 9.17) is 16.3 Å². The molecule has 1 aromatic rings. The fourth-order valence-corrected chi connectivity index (χ4v) is 2.65. The Kier molecular flexibility index (Phi) is 4.01. The lowest BCUT2D eigenvalue weighted by molar-refractivity contribution is -0.124. The maximum atomic E-state index is 12.0. The van der Waals surface area contributed by atoms with Crippen LogP contribution in [0.1, 0.15) is 13.8 Å². The van der Waals surface area contributed by atoms with Crippen LogP contribution in [0.2, 0.25) is 5.02 Å². The van der Waals surface area contributed by atoms with Crippen LogP contribution in [0.4, 0.5) is 0 Å². The van der Waals surface area contributed by atoms with Gasteiger partial charge in [-0.15, -0.1) is 4.40 Å². The van der Waals surface area contributed by atoms with E-state index in [0.717, 1.165) is 0 Å². The standard InChI is InChI=1S/C12H13ClN2O4S/c1-7(2)10-11(16)14-12(19-10)15-20(17,18)9-5-3-8(13)4-6-9/h3-7,10H,1-2H3,(H,14,15,16)/t10-/m1/s1. The van der Waals surface area contributed by atoms with E-state index in [9.17, 15) is 13.2 Å². The number of carbonyl (C=O) groups is 1. The lowest BCUT2D eigenvalue weighted by atomic mass is 10.1. The number of amides is 1. The summed E-state index contributed by atoms with van der Waals surface area (Å²) in [5.41, 5.74) is 0. The van der Waals surface area contributed by atoms with Gasteiger partial charge in [-0.1, -0.05) is 25.4 Å². The van der Waals surface area contributed by atoms with E-state index in [1.165, 1.54) is 24.3 Å². The number of hydrogen-bond acceptors (Lipinski definition) is 4. The Morgan fingerprint density at radius 1 is 1.30 bits per heavy atom. The van der Waals surface area contributed by atoms with Crippen molar-refractivity contribution in [2.75, 3.05) is 0 Å². The number of sulfonamides is 1. The third kappa shape index (κ3) is 3.10. The largest absolute Gasteiger partial charge is 0.451 e. The van der Waals surface area contributed by atoms with Crippen molar-refractivity contribution < 1.29 is 17.9 Å². The zero-order valence-corrected chi connectivity index (χ0v) is 12.4. The molecule has 1 heterocycles. The summed E-state index contributed by atoms with van der Waals surface area (Å²) < 4.78 is 32.7. The Labute approximate surface area is 121 Å². The first-order valence-electron chi connectivity index (χ1n) is 5.87. The van der Waals surface area contributed by atoms with Crippen LogP contribution >= 0.6 is 11.6 Å². The molecule has 1 saturated heterocycles. The summed E-state index contributed by atoms with van der Waals surface area (Å²) in [5, 5.41) is 2.72. The molecule has 0 saturated carbocycles. The van der Waals surface area contributed by atoms with Crippen LogP contribution in [0.5, 0.6) is 0 Å². The van der Waals surface area contributed by atoms with E-state index in [1.54, 1.807) is 13.8 Å². The zero-order valence-electron chi connectivity index (χ0n) is 10.8. The maximum Gasteiger partial charge on any atom is 0.308 e. The van der Waals surface area contributed by atoms with Crippen LogP contribution in [0.15, 0.2) is 33.6 Å². The molecule has 1 N–H and O–H groups in total. The van der Waals surface area contributed by atoms with Crippen molar-refractivity contribution in [2.24, 2.45) is 10.3 Å². The quantitative estimate of drug-likeness (QED) is 0.917. The number of rotatable bonds is 3. The topological polar surface area (TPSA) is 84.8 Å². The van der Waals surface area contributed by atoms with Gasteiger partial charge in [-0.05, 0) is 30.2 Å². The summed E-state index contributed by atoms with van der Waals surface area (Å²) in [4.78, 5) is 11.5. The third-order valence-corrected chi connectivity index (χ3v) is 4.17. The smallest absolute Gasteiger partial charge is 0.308 e. The molecule has 20 heavy (non-hydrogen) atoms. The minimum atomic E-state index is -3.94. The molecule has 6 nitrogen and oxygen atoms in total. The van der Waals surface area contributed by atoms with Gasteiger partial charge in [0.2, 0.25) is 0 Å². The van der Waals surface area contributed by atoms with Crippen LogP contribution in [-0.2, 0) is 19.6 Å². The molecular formula is C12H13ClN2O4S. The molecule has 1 aliphatic rings. The SMILES string of the molecule is CC(C)[C@H]1OC(=NS(=O)(=O)c2ccc(Cl)cc2)NC1=O. The van der Waals surface area contributed by atoms with Gasteiger partial charge in [0.15, 0.2) is 6.10 Å². The third-order valence-electron chi connectivity index (χ3n) is 2.65. The fraction of sp³-hybridized carbons (Fsp3) is 0.333. The fourth-order valence-electron chi connectivity index (χ4n) is 1.63. The molecule has 1 aliphatic heterocycles. The number of carbonyl (C=O) groups excluding carboxylic acids is 1. The second-order valence-corrected chi connectivity index (χ2v) is 6.64. The maximum absolute atomic E-state index is 12.0. The predicted octanol–water partition coefficient (Wildman–Crippen LogP) is 1.56. The van der Waals surface area contributed by atoms with E-state index in [2.05, 4.69) is 9.71 Å². The number of benzene rings is 1. The second-order valence-electron chi connectivity index (χ2n) is 4.60. The van der Waals surface area contributed by atoms with Gasteiger partial charge in [-0.2, -0.15) is 8.42 Å². The summed E-state index contributed by atoms with van der Waals surface area (Å²) in [6, 6.07) is 5.25. The van der Waals surface area contributed by atoms with E-state index in [0.29, 0.717) is 5.02 Å². The average molecular weight is 317 g/mol. The van der Waals surface area contributed by atoms with Crippen LogP contribution in [-0.4, -0.2) is 26.5 Å². The van der Waals surface area contributed by atoms with Gasteiger partial charge in [0, 0.05) is 5.02 Å². The first-order valence-corrected chi connectivity index (χ1v) is 7.69. The molecule has 0 aliphatic carbocycles. The van der Waals surface area contributed by atoms with E-state index in [1.807, 2.05) is 0 Å². The number of ether oxygens (including phenoxy) is 1. The number of nitrogens with zero attached hydrogens (tertiary/aromatic N) is 1. The molecule has 8 heteroatoms. The minimum Gasteiger partial charge on any atom is -0.451 e. The molecular weight excluding hydrogens is 304 g/mol. The minimum absolute atomic E-state index is 0.0276. The highest BCUT2D eigenvalue weighted by Crippen LogP contribution is 2.18. The molecule has 1 amide bonds. The van der Waals surface area contributed by atoms with Crippen molar-refractivity contribution >= 4 is 33.6 Å². The highest BCUT2D eigenvalue weighted by atomic mass is 35.5. The molecule has 1 aromatic carbocycles. The van der Waals surface area contributed by atoms with Crippen LogP contribution in [0, 0.1) is 5.92 Å². The van der Waals surface area contributed by atoms with Gasteiger partial charge < -0.3 is 4.74 Å². The Hall–Kier alpha value is -1.60. The highest BCUT2D eigenvalue weighted by Gasteiger charge is 2.34. The molecule has 2 rings (SSSR count). The van der Waals surface area contributed by atoms with E-state index in [-0.39, 0.29) is 16.8 Å². The second kappa shape index (κ2) is 5.41.